The van der Waals surface area contributed by atoms with Crippen molar-refractivity contribution in [1.29, 1.82) is 0 Å². The SMILES string of the molecule is Fc1ccc2c(c1)Nc1cc(F)ccc1C21OOC12C1CC3CC(C1)CC2C3. The number of nitrogens with one attached hydrogen (secondary N) is 1. The van der Waals surface area contributed by atoms with E-state index in [1.807, 2.05) is 12.1 Å². The average Bonchev–Trinajstić information content (AvgIpc) is 2.64. The Morgan fingerprint density at radius 1 is 0.750 bits per heavy atom. The molecule has 144 valence electrons. The summed E-state index contributed by atoms with van der Waals surface area (Å²) >= 11 is 0. The molecule has 0 aromatic heterocycles. The molecule has 0 amide bonds. The summed E-state index contributed by atoms with van der Waals surface area (Å²) in [6.45, 7) is 0. The summed E-state index contributed by atoms with van der Waals surface area (Å²) in [5.41, 5.74) is 1.87. The van der Waals surface area contributed by atoms with Crippen LogP contribution in [0.1, 0.15) is 43.2 Å². The van der Waals surface area contributed by atoms with Gasteiger partial charge in [0.1, 0.15) is 17.2 Å². The molecule has 2 spiro atoms. The Morgan fingerprint density at radius 2 is 1.29 bits per heavy atom. The molecule has 5 heteroatoms. The van der Waals surface area contributed by atoms with E-state index in [0.717, 1.165) is 23.0 Å². The van der Waals surface area contributed by atoms with Gasteiger partial charge in [-0.15, -0.1) is 0 Å². The first-order valence-corrected chi connectivity index (χ1v) is 10.3. The van der Waals surface area contributed by atoms with E-state index < -0.39 is 11.2 Å². The van der Waals surface area contributed by atoms with Crippen molar-refractivity contribution >= 4 is 11.4 Å². The summed E-state index contributed by atoms with van der Waals surface area (Å²) < 4.78 is 28.1. The molecular weight excluding hydrogens is 360 g/mol. The molecule has 28 heavy (non-hydrogen) atoms. The minimum Gasteiger partial charge on any atom is -0.355 e. The van der Waals surface area contributed by atoms with E-state index in [-0.39, 0.29) is 11.6 Å². The van der Waals surface area contributed by atoms with Crippen LogP contribution < -0.4 is 5.32 Å². The lowest BCUT2D eigenvalue weighted by Crippen LogP contribution is -2.76. The van der Waals surface area contributed by atoms with Crippen LogP contribution in [0.4, 0.5) is 20.2 Å². The predicted octanol–water partition coefficient (Wildman–Crippen LogP) is 5.42. The number of benzene rings is 2. The van der Waals surface area contributed by atoms with Crippen molar-refractivity contribution in [1.82, 2.24) is 0 Å². The molecule has 5 fully saturated rings. The summed E-state index contributed by atoms with van der Waals surface area (Å²) in [5, 5.41) is 3.24. The van der Waals surface area contributed by atoms with E-state index in [1.165, 1.54) is 56.4 Å². The molecular formula is C23H21F2NO2. The Morgan fingerprint density at radius 3 is 1.75 bits per heavy atom. The van der Waals surface area contributed by atoms with Crippen LogP contribution in [0.25, 0.3) is 0 Å². The van der Waals surface area contributed by atoms with Gasteiger partial charge in [-0.3, -0.25) is 0 Å². The number of fused-ring (bicyclic) bond motifs is 4. The van der Waals surface area contributed by atoms with Gasteiger partial charge < -0.3 is 5.32 Å². The first-order chi connectivity index (χ1) is 13.6. The van der Waals surface area contributed by atoms with Crippen LogP contribution in [0.3, 0.4) is 0 Å². The lowest BCUT2D eigenvalue weighted by atomic mass is 9.44. The number of anilines is 2. The van der Waals surface area contributed by atoms with Crippen molar-refractivity contribution in [3.05, 3.63) is 59.2 Å². The number of hydrogen-bond acceptors (Lipinski definition) is 3. The average molecular weight is 381 g/mol. The lowest BCUT2D eigenvalue weighted by Gasteiger charge is -2.70. The number of halogens is 2. The van der Waals surface area contributed by atoms with Crippen LogP contribution in [0, 0.1) is 35.3 Å². The fraction of sp³-hybridized carbons (Fsp3) is 0.478. The van der Waals surface area contributed by atoms with E-state index in [9.17, 15) is 8.78 Å². The highest BCUT2D eigenvalue weighted by Gasteiger charge is 2.77. The maximum Gasteiger partial charge on any atom is 0.190 e. The van der Waals surface area contributed by atoms with E-state index >= 15 is 0 Å². The Hall–Kier alpha value is -1.98. The van der Waals surface area contributed by atoms with Crippen molar-refractivity contribution in [2.75, 3.05) is 5.32 Å². The van der Waals surface area contributed by atoms with Crippen molar-refractivity contribution < 1.29 is 18.6 Å². The van der Waals surface area contributed by atoms with Crippen LogP contribution in [0.15, 0.2) is 36.4 Å². The van der Waals surface area contributed by atoms with E-state index in [4.69, 9.17) is 9.78 Å². The monoisotopic (exact) mass is 381 g/mol. The van der Waals surface area contributed by atoms with Crippen molar-refractivity contribution in [3.8, 4) is 0 Å². The van der Waals surface area contributed by atoms with Gasteiger partial charge in [0.25, 0.3) is 0 Å². The third kappa shape index (κ3) is 1.64. The summed E-state index contributed by atoms with van der Waals surface area (Å²) in [6.07, 6.45) is 6.01. The molecule has 2 aliphatic heterocycles. The second kappa shape index (κ2) is 4.95. The summed E-state index contributed by atoms with van der Waals surface area (Å²) in [5.74, 6) is 1.78. The van der Waals surface area contributed by atoms with Crippen LogP contribution in [-0.4, -0.2) is 5.60 Å². The van der Waals surface area contributed by atoms with Crippen molar-refractivity contribution in [2.45, 2.75) is 43.3 Å². The maximum absolute atomic E-state index is 14.1. The molecule has 6 aliphatic rings. The zero-order chi connectivity index (χ0) is 18.7. The molecule has 4 aliphatic carbocycles. The molecule has 2 heterocycles. The fourth-order valence-electron chi connectivity index (χ4n) is 7.47. The van der Waals surface area contributed by atoms with E-state index in [1.54, 1.807) is 0 Å². The van der Waals surface area contributed by atoms with Crippen LogP contribution in [0.5, 0.6) is 0 Å². The number of hydrogen-bond donors (Lipinski definition) is 1. The molecule has 8 rings (SSSR count). The van der Waals surface area contributed by atoms with Crippen LogP contribution in [0.2, 0.25) is 0 Å². The third-order valence-electron chi connectivity index (χ3n) is 8.20. The fourth-order valence-corrected chi connectivity index (χ4v) is 7.47. The third-order valence-corrected chi connectivity index (χ3v) is 8.20. The molecule has 3 nitrogen and oxygen atoms in total. The van der Waals surface area contributed by atoms with Gasteiger partial charge in [-0.25, -0.2) is 18.6 Å². The maximum atomic E-state index is 14.1. The molecule has 0 unspecified atom stereocenters. The minimum atomic E-state index is -0.799. The normalized spacial score (nSPS) is 38.1. The molecule has 4 bridgehead atoms. The molecule has 1 N–H and O–H groups in total. The smallest absolute Gasteiger partial charge is 0.190 e. The Kier molecular flexibility index (Phi) is 2.81. The van der Waals surface area contributed by atoms with Gasteiger partial charge in [-0.1, -0.05) is 12.1 Å². The van der Waals surface area contributed by atoms with Crippen molar-refractivity contribution in [2.24, 2.45) is 23.7 Å². The van der Waals surface area contributed by atoms with Gasteiger partial charge in [0.05, 0.1) is 0 Å². The highest BCUT2D eigenvalue weighted by molar-refractivity contribution is 5.76. The first-order valence-electron chi connectivity index (χ1n) is 10.3. The minimum absolute atomic E-state index is 0.319. The van der Waals surface area contributed by atoms with Crippen LogP contribution in [-0.2, 0) is 15.4 Å². The Bertz CT molecular complexity index is 940. The zero-order valence-electron chi connectivity index (χ0n) is 15.4. The van der Waals surface area contributed by atoms with Gasteiger partial charge in [0.15, 0.2) is 5.60 Å². The van der Waals surface area contributed by atoms with Gasteiger partial charge in [-0.05, 0) is 80.0 Å². The summed E-state index contributed by atoms with van der Waals surface area (Å²) in [4.78, 5) is 12.2. The standard InChI is InChI=1S/C23H21F2NO2/c24-16-1-3-18-20(10-16)26-21-11-17(25)2-4-19(21)23(18)22(27-28-23)14-6-12-5-13(8-14)9-15(22)7-12/h1-4,10-15,26H,5-9H2. The molecule has 1 saturated heterocycles. The summed E-state index contributed by atoms with van der Waals surface area (Å²) in [6, 6.07) is 9.58. The van der Waals surface area contributed by atoms with E-state index in [2.05, 4.69) is 5.32 Å². The molecule has 4 saturated carbocycles. The largest absolute Gasteiger partial charge is 0.355 e. The van der Waals surface area contributed by atoms with Gasteiger partial charge in [-0.2, -0.15) is 0 Å². The van der Waals surface area contributed by atoms with Crippen molar-refractivity contribution in [3.63, 3.8) is 0 Å². The predicted molar refractivity (Wildman–Crippen MR) is 98.8 cm³/mol. The quantitative estimate of drug-likeness (QED) is 0.618. The van der Waals surface area contributed by atoms with Crippen LogP contribution >= 0.6 is 0 Å². The zero-order valence-corrected chi connectivity index (χ0v) is 15.4. The second-order valence-corrected chi connectivity index (χ2v) is 9.45. The summed E-state index contributed by atoms with van der Waals surface area (Å²) in [7, 11) is 0. The molecule has 2 aromatic rings. The second-order valence-electron chi connectivity index (χ2n) is 9.45. The molecule has 0 atom stereocenters. The molecule has 2 aromatic carbocycles. The first kappa shape index (κ1) is 15.9. The van der Waals surface area contributed by atoms with Gasteiger partial charge in [0.2, 0.25) is 0 Å². The van der Waals surface area contributed by atoms with E-state index in [0.29, 0.717) is 23.2 Å². The Labute approximate surface area is 162 Å². The highest BCUT2D eigenvalue weighted by Crippen LogP contribution is 2.72. The topological polar surface area (TPSA) is 30.5 Å². The van der Waals surface area contributed by atoms with Gasteiger partial charge >= 0.3 is 0 Å². The number of rotatable bonds is 0. The Balaban J connectivity index is 1.50. The lowest BCUT2D eigenvalue weighted by molar-refractivity contribution is -0.583. The molecule has 0 radical (unpaired) electrons. The van der Waals surface area contributed by atoms with Gasteiger partial charge in [0, 0.05) is 22.5 Å². The highest BCUT2D eigenvalue weighted by atomic mass is 19.1.